The SMILES string of the molecule is CNc1nc(-c2cc(OC)ncn2)nc(CC(C)C)c1I. The summed E-state index contributed by atoms with van der Waals surface area (Å²) in [5.41, 5.74) is 1.68. The Bertz CT molecular complexity index is 633. The van der Waals surface area contributed by atoms with Crippen LogP contribution in [0.3, 0.4) is 0 Å². The van der Waals surface area contributed by atoms with Crippen molar-refractivity contribution >= 4 is 28.4 Å². The summed E-state index contributed by atoms with van der Waals surface area (Å²) in [4.78, 5) is 17.4. The zero-order chi connectivity index (χ0) is 15.4. The summed E-state index contributed by atoms with van der Waals surface area (Å²) < 4.78 is 6.18. The maximum absolute atomic E-state index is 5.13. The molecule has 0 aliphatic carbocycles. The minimum absolute atomic E-state index is 0.499. The van der Waals surface area contributed by atoms with E-state index in [0.717, 1.165) is 21.5 Å². The van der Waals surface area contributed by atoms with Gasteiger partial charge < -0.3 is 10.1 Å². The van der Waals surface area contributed by atoms with Gasteiger partial charge in [-0.3, -0.25) is 0 Å². The van der Waals surface area contributed by atoms with Crippen LogP contribution < -0.4 is 10.1 Å². The van der Waals surface area contributed by atoms with Crippen molar-refractivity contribution in [3.8, 4) is 17.4 Å². The van der Waals surface area contributed by atoms with Crippen LogP contribution in [0.15, 0.2) is 12.4 Å². The van der Waals surface area contributed by atoms with Crippen LogP contribution in [0, 0.1) is 9.49 Å². The number of anilines is 1. The average molecular weight is 399 g/mol. The summed E-state index contributed by atoms with van der Waals surface area (Å²) in [7, 11) is 3.43. The third kappa shape index (κ3) is 3.78. The number of hydrogen-bond donors (Lipinski definition) is 1. The number of halogens is 1. The average Bonchev–Trinajstić information content (AvgIpc) is 2.49. The minimum Gasteiger partial charge on any atom is -0.481 e. The Kier molecular flexibility index (Phi) is 5.27. The first kappa shape index (κ1) is 15.9. The molecule has 112 valence electrons. The van der Waals surface area contributed by atoms with Gasteiger partial charge in [-0.2, -0.15) is 0 Å². The summed E-state index contributed by atoms with van der Waals surface area (Å²) in [6.07, 6.45) is 2.35. The van der Waals surface area contributed by atoms with Gasteiger partial charge in [-0.15, -0.1) is 0 Å². The highest BCUT2D eigenvalue weighted by atomic mass is 127. The van der Waals surface area contributed by atoms with E-state index in [4.69, 9.17) is 4.74 Å². The Labute approximate surface area is 137 Å². The number of aromatic nitrogens is 4. The van der Waals surface area contributed by atoms with Gasteiger partial charge in [-0.1, -0.05) is 13.8 Å². The molecule has 0 aliphatic heterocycles. The molecule has 0 aliphatic rings. The lowest BCUT2D eigenvalue weighted by atomic mass is 10.1. The fourth-order valence-corrected chi connectivity index (χ4v) is 2.60. The van der Waals surface area contributed by atoms with Crippen molar-refractivity contribution in [3.63, 3.8) is 0 Å². The molecule has 2 heterocycles. The zero-order valence-electron chi connectivity index (χ0n) is 12.5. The number of methoxy groups -OCH3 is 1. The second kappa shape index (κ2) is 6.97. The van der Waals surface area contributed by atoms with E-state index in [2.05, 4.69) is 61.7 Å². The molecule has 0 saturated carbocycles. The topological polar surface area (TPSA) is 72.8 Å². The van der Waals surface area contributed by atoms with Crippen LogP contribution in [-0.2, 0) is 6.42 Å². The van der Waals surface area contributed by atoms with Crippen LogP contribution in [0.2, 0.25) is 0 Å². The lowest BCUT2D eigenvalue weighted by molar-refractivity contribution is 0.397. The van der Waals surface area contributed by atoms with Crippen molar-refractivity contribution in [1.29, 1.82) is 0 Å². The number of ether oxygens (including phenoxy) is 1. The quantitative estimate of drug-likeness (QED) is 0.780. The van der Waals surface area contributed by atoms with Gasteiger partial charge in [-0.05, 0) is 34.9 Å². The van der Waals surface area contributed by atoms with Crippen LogP contribution in [0.1, 0.15) is 19.5 Å². The lowest BCUT2D eigenvalue weighted by Crippen LogP contribution is -2.08. The number of nitrogens with zero attached hydrogens (tertiary/aromatic N) is 4. The van der Waals surface area contributed by atoms with Gasteiger partial charge in [0.15, 0.2) is 5.82 Å². The fourth-order valence-electron chi connectivity index (χ4n) is 1.87. The van der Waals surface area contributed by atoms with Crippen molar-refractivity contribution in [2.24, 2.45) is 5.92 Å². The molecule has 0 spiro atoms. The first-order valence-corrected chi connectivity index (χ1v) is 7.73. The van der Waals surface area contributed by atoms with E-state index in [1.54, 1.807) is 13.2 Å². The smallest absolute Gasteiger partial charge is 0.216 e. The molecule has 0 radical (unpaired) electrons. The third-order valence-corrected chi connectivity index (χ3v) is 3.97. The minimum atomic E-state index is 0.499. The number of nitrogens with one attached hydrogen (secondary N) is 1. The second-order valence-electron chi connectivity index (χ2n) is 4.95. The van der Waals surface area contributed by atoms with Gasteiger partial charge in [0.2, 0.25) is 5.88 Å². The molecule has 2 aromatic rings. The molecule has 0 bridgehead atoms. The van der Waals surface area contributed by atoms with Crippen molar-refractivity contribution in [2.45, 2.75) is 20.3 Å². The Hall–Kier alpha value is -1.51. The van der Waals surface area contributed by atoms with Gasteiger partial charge in [-0.25, -0.2) is 19.9 Å². The maximum Gasteiger partial charge on any atom is 0.216 e. The Balaban J connectivity index is 2.52. The molecule has 0 aromatic carbocycles. The monoisotopic (exact) mass is 399 g/mol. The first-order valence-electron chi connectivity index (χ1n) is 6.65. The largest absolute Gasteiger partial charge is 0.481 e. The third-order valence-electron chi connectivity index (χ3n) is 2.84. The standard InChI is InChI=1S/C14H18IN5O/c1-8(2)5-9-12(15)14(16-3)20-13(19-9)10-6-11(21-4)18-7-17-10/h6-8H,5H2,1-4H3,(H,16,19,20). The van der Waals surface area contributed by atoms with Gasteiger partial charge >= 0.3 is 0 Å². The van der Waals surface area contributed by atoms with Gasteiger partial charge in [0.25, 0.3) is 0 Å². The molecule has 6 nitrogen and oxygen atoms in total. The van der Waals surface area contributed by atoms with Crippen LogP contribution in [-0.4, -0.2) is 34.1 Å². The second-order valence-corrected chi connectivity index (χ2v) is 6.03. The first-order chi connectivity index (χ1) is 10.0. The van der Waals surface area contributed by atoms with Crippen LogP contribution in [0.5, 0.6) is 5.88 Å². The maximum atomic E-state index is 5.13. The van der Waals surface area contributed by atoms with E-state index >= 15 is 0 Å². The van der Waals surface area contributed by atoms with Crippen LogP contribution in [0.4, 0.5) is 5.82 Å². The summed E-state index contributed by atoms with van der Waals surface area (Å²) in [5, 5.41) is 3.11. The molecule has 2 rings (SSSR count). The van der Waals surface area contributed by atoms with Crippen molar-refractivity contribution in [2.75, 3.05) is 19.5 Å². The summed E-state index contributed by atoms with van der Waals surface area (Å²) in [5.74, 6) is 2.41. The van der Waals surface area contributed by atoms with E-state index in [0.29, 0.717) is 23.3 Å². The van der Waals surface area contributed by atoms with E-state index in [-0.39, 0.29) is 0 Å². The van der Waals surface area contributed by atoms with E-state index in [9.17, 15) is 0 Å². The molecule has 0 saturated heterocycles. The van der Waals surface area contributed by atoms with Gasteiger partial charge in [0, 0.05) is 13.1 Å². The zero-order valence-corrected chi connectivity index (χ0v) is 14.7. The van der Waals surface area contributed by atoms with Crippen molar-refractivity contribution in [3.05, 3.63) is 21.7 Å². The summed E-state index contributed by atoms with van der Waals surface area (Å²) >= 11 is 2.28. The molecule has 0 fully saturated rings. The number of hydrogen-bond acceptors (Lipinski definition) is 6. The molecule has 7 heteroatoms. The molecular weight excluding hydrogens is 381 g/mol. The molecule has 0 unspecified atom stereocenters. The molecule has 21 heavy (non-hydrogen) atoms. The highest BCUT2D eigenvalue weighted by molar-refractivity contribution is 14.1. The normalized spacial score (nSPS) is 10.8. The lowest BCUT2D eigenvalue weighted by Gasteiger charge is -2.12. The summed E-state index contributed by atoms with van der Waals surface area (Å²) in [6.45, 7) is 4.34. The highest BCUT2D eigenvalue weighted by Gasteiger charge is 2.15. The van der Waals surface area contributed by atoms with E-state index < -0.39 is 0 Å². The Morgan fingerprint density at radius 1 is 1.29 bits per heavy atom. The summed E-state index contributed by atoms with van der Waals surface area (Å²) in [6, 6.07) is 1.74. The molecule has 0 atom stereocenters. The van der Waals surface area contributed by atoms with Crippen LogP contribution in [0.25, 0.3) is 11.5 Å². The predicted molar refractivity (Wildman–Crippen MR) is 90.4 cm³/mol. The molecule has 2 aromatic heterocycles. The highest BCUT2D eigenvalue weighted by Crippen LogP contribution is 2.25. The van der Waals surface area contributed by atoms with Crippen molar-refractivity contribution < 1.29 is 4.74 Å². The molecule has 0 amide bonds. The van der Waals surface area contributed by atoms with E-state index in [1.165, 1.54) is 6.33 Å². The fraction of sp³-hybridized carbons (Fsp3) is 0.429. The van der Waals surface area contributed by atoms with Crippen molar-refractivity contribution in [1.82, 2.24) is 19.9 Å². The Morgan fingerprint density at radius 3 is 2.67 bits per heavy atom. The number of rotatable bonds is 5. The van der Waals surface area contributed by atoms with Gasteiger partial charge in [0.05, 0.1) is 16.4 Å². The molecule has 1 N–H and O–H groups in total. The predicted octanol–water partition coefficient (Wildman–Crippen LogP) is 2.79. The Morgan fingerprint density at radius 2 is 2.05 bits per heavy atom. The van der Waals surface area contributed by atoms with Crippen LogP contribution >= 0.6 is 22.6 Å². The molecular formula is C14H18IN5O. The van der Waals surface area contributed by atoms with Gasteiger partial charge in [0.1, 0.15) is 17.8 Å². The van der Waals surface area contributed by atoms with E-state index in [1.807, 2.05) is 7.05 Å².